The molecule has 0 spiro atoms. The molecular formula is C28H35FN6O2. The van der Waals surface area contributed by atoms with Crippen molar-refractivity contribution < 1.29 is 14.3 Å². The Morgan fingerprint density at radius 1 is 1.27 bits per heavy atom. The highest BCUT2D eigenvalue weighted by atomic mass is 19.1. The molecule has 2 aliphatic carbocycles. The van der Waals surface area contributed by atoms with Crippen LogP contribution in [0.25, 0.3) is 10.9 Å². The summed E-state index contributed by atoms with van der Waals surface area (Å²) in [7, 11) is 0. The monoisotopic (exact) mass is 506 g/mol. The number of hydrogen-bond donors (Lipinski definition) is 4. The predicted octanol–water partition coefficient (Wildman–Crippen LogP) is 3.30. The minimum Gasteiger partial charge on any atom is -0.388 e. The van der Waals surface area contributed by atoms with Crippen molar-refractivity contribution in [3.63, 3.8) is 0 Å². The highest BCUT2D eigenvalue weighted by Crippen LogP contribution is 2.41. The van der Waals surface area contributed by atoms with E-state index in [0.717, 1.165) is 37.8 Å². The maximum atomic E-state index is 14.1. The molecule has 6 atom stereocenters. The maximum absolute atomic E-state index is 14.1. The van der Waals surface area contributed by atoms with E-state index in [1.807, 2.05) is 19.2 Å². The van der Waals surface area contributed by atoms with Gasteiger partial charge in [0.25, 0.3) is 0 Å². The van der Waals surface area contributed by atoms with Gasteiger partial charge in [0.1, 0.15) is 5.82 Å². The topological polar surface area (TPSA) is 104 Å². The Bertz CT molecular complexity index is 1300. The molecule has 2 aromatic heterocycles. The van der Waals surface area contributed by atoms with Gasteiger partial charge in [-0.15, -0.1) is 0 Å². The van der Waals surface area contributed by atoms with Crippen molar-refractivity contribution in [1.82, 2.24) is 30.9 Å². The summed E-state index contributed by atoms with van der Waals surface area (Å²) in [5.41, 5.74) is 8.78. The Balaban J connectivity index is 1.10. The molecule has 1 aliphatic heterocycles. The van der Waals surface area contributed by atoms with Gasteiger partial charge < -0.3 is 10.4 Å². The summed E-state index contributed by atoms with van der Waals surface area (Å²) < 4.78 is 15.8. The van der Waals surface area contributed by atoms with Crippen LogP contribution >= 0.6 is 0 Å². The number of pyridine rings is 1. The molecule has 3 heterocycles. The minimum atomic E-state index is -0.997. The lowest BCUT2D eigenvalue weighted by Crippen LogP contribution is -2.50. The first-order valence-electron chi connectivity index (χ1n) is 13.4. The first-order chi connectivity index (χ1) is 17.9. The number of benzene rings is 1. The van der Waals surface area contributed by atoms with E-state index in [-0.39, 0.29) is 36.3 Å². The molecule has 8 nitrogen and oxygen atoms in total. The summed E-state index contributed by atoms with van der Waals surface area (Å²) in [6.45, 7) is 2.28. The molecule has 1 amide bonds. The Hall–Kier alpha value is -2.88. The number of carbonyl (C=O) groups excluding carboxylic acids is 1. The average Bonchev–Trinajstić information content (AvgIpc) is 3.48. The molecule has 2 saturated carbocycles. The maximum Gasteiger partial charge on any atom is 0.223 e. The van der Waals surface area contributed by atoms with Crippen molar-refractivity contribution in [1.29, 1.82) is 0 Å². The van der Waals surface area contributed by atoms with Crippen LogP contribution in [0.1, 0.15) is 62.2 Å². The second-order valence-corrected chi connectivity index (χ2v) is 11.3. The van der Waals surface area contributed by atoms with E-state index in [1.54, 1.807) is 10.7 Å². The van der Waals surface area contributed by atoms with Gasteiger partial charge in [0.15, 0.2) is 0 Å². The number of aryl methyl sites for hydroxylation is 1. The fourth-order valence-electron chi connectivity index (χ4n) is 6.79. The van der Waals surface area contributed by atoms with Gasteiger partial charge >= 0.3 is 0 Å². The van der Waals surface area contributed by atoms with E-state index in [0.29, 0.717) is 35.7 Å². The zero-order chi connectivity index (χ0) is 25.6. The van der Waals surface area contributed by atoms with Gasteiger partial charge in [-0.1, -0.05) is 6.07 Å². The summed E-state index contributed by atoms with van der Waals surface area (Å²) in [5, 5.41) is 19.5. The fourth-order valence-corrected chi connectivity index (χ4v) is 6.79. The Kier molecular flexibility index (Phi) is 6.46. The Morgan fingerprint density at radius 3 is 3.03 bits per heavy atom. The molecule has 0 bridgehead atoms. The van der Waals surface area contributed by atoms with Crippen LogP contribution in [0.5, 0.6) is 0 Å². The molecule has 1 saturated heterocycles. The quantitative estimate of drug-likeness (QED) is 0.423. The zero-order valence-corrected chi connectivity index (χ0v) is 21.2. The molecule has 37 heavy (non-hydrogen) atoms. The van der Waals surface area contributed by atoms with Crippen LogP contribution in [0.4, 0.5) is 4.39 Å². The van der Waals surface area contributed by atoms with Gasteiger partial charge in [0, 0.05) is 29.9 Å². The van der Waals surface area contributed by atoms with Crippen LogP contribution in [-0.4, -0.2) is 43.5 Å². The smallest absolute Gasteiger partial charge is 0.223 e. The van der Waals surface area contributed by atoms with E-state index >= 15 is 0 Å². The second kappa shape index (κ2) is 9.78. The fraction of sp³-hybridized carbons (Fsp3) is 0.536. The van der Waals surface area contributed by atoms with E-state index in [2.05, 4.69) is 38.4 Å². The number of hydrogen-bond acceptors (Lipinski definition) is 6. The van der Waals surface area contributed by atoms with Gasteiger partial charge in [0.2, 0.25) is 5.91 Å². The summed E-state index contributed by atoms with van der Waals surface area (Å²) in [6.07, 6.45) is 8.76. The standard InChI is InChI=1S/C28H35FN6O2/c1-17-12-18(9-11-30-17)26-21-13-19(7-8-24(21)33-34-26)27(36)32-20-4-3-10-28(37,14-20)16-35-25-6-2-5-23(29)22(25)15-31-35/h2,5-6,9,11-12,15,19-21,24,26,33-34,37H,3-4,7-8,10,13-14,16H2,1H3,(H,32,36)/t19?,20-,21?,24?,26?,28+/m0/s1. The third kappa shape index (κ3) is 4.87. The number of rotatable bonds is 5. The Morgan fingerprint density at radius 2 is 2.16 bits per heavy atom. The van der Waals surface area contributed by atoms with Crippen LogP contribution in [0.15, 0.2) is 42.7 Å². The molecule has 0 radical (unpaired) electrons. The number of carbonyl (C=O) groups is 1. The predicted molar refractivity (Wildman–Crippen MR) is 138 cm³/mol. The molecule has 3 aliphatic rings. The van der Waals surface area contributed by atoms with E-state index in [1.165, 1.54) is 17.8 Å². The molecule has 6 rings (SSSR count). The number of fused-ring (bicyclic) bond motifs is 2. The number of halogens is 1. The molecule has 9 heteroatoms. The lowest BCUT2D eigenvalue weighted by Gasteiger charge is -2.38. The van der Waals surface area contributed by atoms with Gasteiger partial charge in [0.05, 0.1) is 35.3 Å². The molecule has 196 valence electrons. The minimum absolute atomic E-state index is 0.0403. The summed E-state index contributed by atoms with van der Waals surface area (Å²) in [6, 6.07) is 9.51. The van der Waals surface area contributed by atoms with Crippen molar-refractivity contribution in [2.24, 2.45) is 11.8 Å². The number of nitrogens with zero attached hydrogens (tertiary/aromatic N) is 3. The highest BCUT2D eigenvalue weighted by molar-refractivity contribution is 5.79. The number of aromatic nitrogens is 3. The first-order valence-corrected chi connectivity index (χ1v) is 13.4. The molecule has 3 aromatic rings. The van der Waals surface area contributed by atoms with E-state index in [4.69, 9.17) is 0 Å². The number of nitrogens with one attached hydrogen (secondary N) is 3. The Labute approximate surface area is 216 Å². The van der Waals surface area contributed by atoms with Gasteiger partial charge in [-0.2, -0.15) is 5.10 Å². The second-order valence-electron chi connectivity index (χ2n) is 11.3. The van der Waals surface area contributed by atoms with Crippen molar-refractivity contribution >= 4 is 16.8 Å². The molecule has 3 fully saturated rings. The summed E-state index contributed by atoms with van der Waals surface area (Å²) in [5.74, 6) is 0.0774. The number of amides is 1. The average molecular weight is 507 g/mol. The molecule has 4 unspecified atom stereocenters. The van der Waals surface area contributed by atoms with Crippen LogP contribution in [0, 0.1) is 24.6 Å². The SMILES string of the molecule is Cc1cc(C2NNC3CCC(C(=O)N[C@H]4CCC[C@](O)(Cn5ncc6c(F)cccc65)C4)CC32)ccn1. The van der Waals surface area contributed by atoms with E-state index < -0.39 is 5.60 Å². The van der Waals surface area contributed by atoms with Crippen molar-refractivity contribution in [3.8, 4) is 0 Å². The van der Waals surface area contributed by atoms with Crippen molar-refractivity contribution in [3.05, 3.63) is 59.8 Å². The van der Waals surface area contributed by atoms with Gasteiger partial charge in [-0.25, -0.2) is 9.82 Å². The lowest BCUT2D eigenvalue weighted by atomic mass is 9.74. The van der Waals surface area contributed by atoms with Crippen LogP contribution in [0.2, 0.25) is 0 Å². The summed E-state index contributed by atoms with van der Waals surface area (Å²) in [4.78, 5) is 17.7. The first kappa shape index (κ1) is 24.5. The number of hydrazine groups is 1. The lowest BCUT2D eigenvalue weighted by molar-refractivity contribution is -0.128. The van der Waals surface area contributed by atoms with Gasteiger partial charge in [-0.3, -0.25) is 19.9 Å². The molecule has 1 aromatic carbocycles. The van der Waals surface area contributed by atoms with Crippen LogP contribution < -0.4 is 16.2 Å². The van der Waals surface area contributed by atoms with E-state index in [9.17, 15) is 14.3 Å². The zero-order valence-electron chi connectivity index (χ0n) is 21.2. The summed E-state index contributed by atoms with van der Waals surface area (Å²) >= 11 is 0. The van der Waals surface area contributed by atoms with Crippen LogP contribution in [-0.2, 0) is 11.3 Å². The molecular weight excluding hydrogens is 471 g/mol. The van der Waals surface area contributed by atoms with Crippen molar-refractivity contribution in [2.75, 3.05) is 0 Å². The normalized spacial score (nSPS) is 31.8. The van der Waals surface area contributed by atoms with Gasteiger partial charge in [-0.05, 0) is 87.6 Å². The van der Waals surface area contributed by atoms with Crippen molar-refractivity contribution in [2.45, 2.75) is 82.1 Å². The third-order valence-corrected chi connectivity index (χ3v) is 8.65. The van der Waals surface area contributed by atoms with Crippen LogP contribution in [0.3, 0.4) is 0 Å². The highest BCUT2D eigenvalue weighted by Gasteiger charge is 2.43. The number of aliphatic hydroxyl groups is 1. The molecule has 4 N–H and O–H groups in total. The largest absolute Gasteiger partial charge is 0.388 e. The third-order valence-electron chi connectivity index (χ3n) is 8.65.